The molecule has 2 aromatic rings. The first-order chi connectivity index (χ1) is 11.0. The molecule has 3 rings (SSSR count). The van der Waals surface area contributed by atoms with Gasteiger partial charge in [-0.05, 0) is 24.5 Å². The third-order valence-corrected chi connectivity index (χ3v) is 4.91. The molecule has 1 heterocycles. The number of nitrogens with one attached hydrogen (secondary N) is 2. The molecule has 1 saturated carbocycles. The number of carbonyl (C=O) groups excluding carboxylic acids is 1. The maximum atomic E-state index is 12.3. The average Bonchev–Trinajstić information content (AvgIpc) is 3.12. The van der Waals surface area contributed by atoms with Crippen molar-refractivity contribution in [1.29, 1.82) is 0 Å². The molecule has 1 aliphatic rings. The molecule has 0 bridgehead atoms. The second-order valence-corrected chi connectivity index (χ2v) is 6.37. The van der Waals surface area contributed by atoms with Crippen LogP contribution in [0.5, 0.6) is 0 Å². The number of aromatic nitrogens is 2. The van der Waals surface area contributed by atoms with Gasteiger partial charge >= 0.3 is 5.76 Å². The van der Waals surface area contributed by atoms with Crippen LogP contribution in [0.4, 0.5) is 0 Å². The molecule has 0 spiro atoms. The van der Waals surface area contributed by atoms with Gasteiger partial charge in [0.05, 0.1) is 16.5 Å². The average molecular weight is 356 g/mol. The minimum atomic E-state index is -0.581. The van der Waals surface area contributed by atoms with Gasteiger partial charge < -0.3 is 5.32 Å². The largest absolute Gasteiger partial charge is 0.438 e. The number of hydrogen-bond acceptors (Lipinski definition) is 4. The van der Waals surface area contributed by atoms with Gasteiger partial charge in [0.15, 0.2) is 5.82 Å². The van der Waals surface area contributed by atoms with E-state index in [0.717, 1.165) is 19.3 Å². The van der Waals surface area contributed by atoms with Crippen LogP contribution in [0.25, 0.3) is 0 Å². The van der Waals surface area contributed by atoms with Crippen LogP contribution < -0.4 is 11.1 Å². The lowest BCUT2D eigenvalue weighted by molar-refractivity contribution is -0.121. The fourth-order valence-electron chi connectivity index (χ4n) is 2.98. The summed E-state index contributed by atoms with van der Waals surface area (Å²) < 4.78 is 4.55. The van der Waals surface area contributed by atoms with E-state index in [2.05, 4.69) is 20.0 Å². The van der Waals surface area contributed by atoms with E-state index in [1.807, 2.05) is 0 Å². The summed E-state index contributed by atoms with van der Waals surface area (Å²) >= 11 is 12.1. The summed E-state index contributed by atoms with van der Waals surface area (Å²) in [5, 5.41) is 7.54. The zero-order chi connectivity index (χ0) is 16.4. The highest BCUT2D eigenvalue weighted by atomic mass is 35.5. The van der Waals surface area contributed by atoms with Crippen molar-refractivity contribution in [2.45, 2.75) is 37.6 Å². The van der Waals surface area contributed by atoms with Crippen LogP contribution in [0.3, 0.4) is 0 Å². The fourth-order valence-corrected chi connectivity index (χ4v) is 3.36. The number of rotatable bonds is 4. The molecule has 6 nitrogen and oxygen atoms in total. The molecule has 2 atom stereocenters. The number of amides is 1. The molecule has 1 aromatic carbocycles. The van der Waals surface area contributed by atoms with Crippen molar-refractivity contribution in [1.82, 2.24) is 15.5 Å². The molecule has 1 aromatic heterocycles. The second-order valence-electron chi connectivity index (χ2n) is 5.58. The Hall–Kier alpha value is -1.79. The van der Waals surface area contributed by atoms with Crippen LogP contribution in [0, 0.1) is 0 Å². The predicted octanol–water partition coefficient (Wildman–Crippen LogP) is 2.66. The van der Waals surface area contributed by atoms with Crippen LogP contribution in [-0.2, 0) is 11.2 Å². The molecule has 2 unspecified atom stereocenters. The molecular weight excluding hydrogens is 341 g/mol. The minimum absolute atomic E-state index is 0.0415. The maximum Gasteiger partial charge on any atom is 0.438 e. The molecule has 1 aliphatic carbocycles. The lowest BCUT2D eigenvalue weighted by Crippen LogP contribution is -2.37. The van der Waals surface area contributed by atoms with Gasteiger partial charge in [-0.2, -0.15) is 0 Å². The van der Waals surface area contributed by atoms with Gasteiger partial charge in [0.1, 0.15) is 0 Å². The Morgan fingerprint density at radius 2 is 2.22 bits per heavy atom. The van der Waals surface area contributed by atoms with Gasteiger partial charge in [-0.15, -0.1) is 0 Å². The summed E-state index contributed by atoms with van der Waals surface area (Å²) in [6, 6.07) is 5.13. The van der Waals surface area contributed by atoms with E-state index in [1.165, 1.54) is 0 Å². The highest BCUT2D eigenvalue weighted by Gasteiger charge is 2.32. The van der Waals surface area contributed by atoms with Crippen LogP contribution in [0.1, 0.15) is 36.6 Å². The van der Waals surface area contributed by atoms with Gasteiger partial charge in [-0.25, -0.2) is 4.79 Å². The summed E-state index contributed by atoms with van der Waals surface area (Å²) in [4.78, 5) is 25.9. The van der Waals surface area contributed by atoms with Gasteiger partial charge in [-0.1, -0.05) is 46.9 Å². The summed E-state index contributed by atoms with van der Waals surface area (Å²) in [6.45, 7) is 0. The number of benzene rings is 1. The molecule has 122 valence electrons. The van der Waals surface area contributed by atoms with Crippen LogP contribution in [0.2, 0.25) is 10.0 Å². The minimum Gasteiger partial charge on any atom is -0.352 e. The Bertz CT molecular complexity index is 771. The Balaban J connectivity index is 1.67. The summed E-state index contributed by atoms with van der Waals surface area (Å²) in [5.41, 5.74) is 0.682. The van der Waals surface area contributed by atoms with E-state index in [1.54, 1.807) is 18.2 Å². The van der Waals surface area contributed by atoms with E-state index in [9.17, 15) is 9.59 Å². The molecule has 0 radical (unpaired) electrons. The normalized spacial score (nSPS) is 20.6. The number of carbonyl (C=O) groups is 1. The number of aromatic amines is 1. The Morgan fingerprint density at radius 1 is 1.39 bits per heavy atom. The summed E-state index contributed by atoms with van der Waals surface area (Å²) in [7, 11) is 0. The number of H-pyrrole nitrogens is 1. The first kappa shape index (κ1) is 16.1. The van der Waals surface area contributed by atoms with Crippen molar-refractivity contribution >= 4 is 29.1 Å². The molecule has 1 amide bonds. The van der Waals surface area contributed by atoms with Crippen molar-refractivity contribution in [3.05, 3.63) is 50.2 Å². The third kappa shape index (κ3) is 3.59. The van der Waals surface area contributed by atoms with Gasteiger partial charge in [0.25, 0.3) is 0 Å². The van der Waals surface area contributed by atoms with Crippen molar-refractivity contribution < 1.29 is 9.32 Å². The van der Waals surface area contributed by atoms with Crippen LogP contribution in [0.15, 0.2) is 27.5 Å². The lowest BCUT2D eigenvalue weighted by Gasteiger charge is -2.18. The number of nitrogens with zero attached hydrogens (tertiary/aromatic N) is 1. The third-order valence-electron chi connectivity index (χ3n) is 4.05. The standard InChI is InChI=1S/C15H15Cl2N3O3/c16-10-5-1-3-8(13(10)17)7-12(21)18-11-6-2-4-9(11)14-19-15(22)23-20-14/h1,3,5,9,11H,2,4,6-7H2,(H,18,21)(H,19,20,22). The van der Waals surface area contributed by atoms with Crippen molar-refractivity contribution in [2.75, 3.05) is 0 Å². The van der Waals surface area contributed by atoms with Gasteiger partial charge in [0.2, 0.25) is 5.91 Å². The molecule has 2 N–H and O–H groups in total. The van der Waals surface area contributed by atoms with E-state index in [-0.39, 0.29) is 24.3 Å². The molecular formula is C15H15Cl2N3O3. The Labute approximate surface area is 142 Å². The molecule has 1 fully saturated rings. The summed E-state index contributed by atoms with van der Waals surface area (Å²) in [5.74, 6) is -0.279. The zero-order valence-electron chi connectivity index (χ0n) is 12.1. The van der Waals surface area contributed by atoms with Crippen molar-refractivity contribution in [3.8, 4) is 0 Å². The molecule has 0 aliphatic heterocycles. The maximum absolute atomic E-state index is 12.3. The SMILES string of the molecule is O=C(Cc1cccc(Cl)c1Cl)NC1CCCC1c1noc(=O)[nH]1. The van der Waals surface area contributed by atoms with Gasteiger partial charge in [-0.3, -0.25) is 14.3 Å². The first-order valence-corrected chi connectivity index (χ1v) is 8.08. The van der Waals surface area contributed by atoms with E-state index < -0.39 is 5.76 Å². The first-order valence-electron chi connectivity index (χ1n) is 7.32. The molecule has 0 saturated heterocycles. The molecule has 23 heavy (non-hydrogen) atoms. The smallest absolute Gasteiger partial charge is 0.352 e. The lowest BCUT2D eigenvalue weighted by atomic mass is 10.0. The second kappa shape index (κ2) is 6.76. The van der Waals surface area contributed by atoms with Crippen LogP contribution in [-0.4, -0.2) is 22.1 Å². The number of hydrogen-bond donors (Lipinski definition) is 2. The highest BCUT2D eigenvalue weighted by Crippen LogP contribution is 2.32. The van der Waals surface area contributed by atoms with E-state index >= 15 is 0 Å². The summed E-state index contributed by atoms with van der Waals surface area (Å²) in [6.07, 6.45) is 2.76. The van der Waals surface area contributed by atoms with Crippen molar-refractivity contribution in [2.24, 2.45) is 0 Å². The predicted molar refractivity (Wildman–Crippen MR) is 85.8 cm³/mol. The molecule has 8 heteroatoms. The zero-order valence-corrected chi connectivity index (χ0v) is 13.7. The monoisotopic (exact) mass is 355 g/mol. The van der Waals surface area contributed by atoms with E-state index in [0.29, 0.717) is 21.4 Å². The highest BCUT2D eigenvalue weighted by molar-refractivity contribution is 6.42. The Morgan fingerprint density at radius 3 is 2.96 bits per heavy atom. The fraction of sp³-hybridized carbons (Fsp3) is 0.400. The topological polar surface area (TPSA) is 88.0 Å². The quantitative estimate of drug-likeness (QED) is 0.882. The van der Waals surface area contributed by atoms with Crippen LogP contribution >= 0.6 is 23.2 Å². The van der Waals surface area contributed by atoms with E-state index in [4.69, 9.17) is 23.2 Å². The Kier molecular flexibility index (Phi) is 4.73. The van der Waals surface area contributed by atoms with Gasteiger partial charge in [0, 0.05) is 12.0 Å². The number of halogens is 2. The van der Waals surface area contributed by atoms with Crippen molar-refractivity contribution in [3.63, 3.8) is 0 Å².